The highest BCUT2D eigenvalue weighted by Gasteiger charge is 2.26. The quantitative estimate of drug-likeness (QED) is 0.848. The molecule has 4 nitrogen and oxygen atoms in total. The van der Waals surface area contributed by atoms with E-state index in [0.717, 1.165) is 35.3 Å². The largest absolute Gasteiger partial charge is 0.478 e. The molecular weight excluding hydrogens is 298 g/mol. The van der Waals surface area contributed by atoms with Crippen molar-refractivity contribution < 1.29 is 14.7 Å². The summed E-state index contributed by atoms with van der Waals surface area (Å²) in [4.78, 5) is 24.5. The van der Waals surface area contributed by atoms with Crippen molar-refractivity contribution in [3.8, 4) is 0 Å². The average Bonchev–Trinajstić information content (AvgIpc) is 3.06. The molecule has 1 aromatic heterocycles. The molecule has 0 spiro atoms. The Bertz CT molecular complexity index is 747. The number of carbonyl (C=O) groups is 2. The first-order chi connectivity index (χ1) is 10.6. The lowest BCUT2D eigenvalue weighted by molar-refractivity contribution is -0.111. The van der Waals surface area contributed by atoms with Crippen LogP contribution in [0.1, 0.15) is 32.8 Å². The molecule has 0 saturated heterocycles. The van der Waals surface area contributed by atoms with Crippen LogP contribution < -0.4 is 5.32 Å². The maximum absolute atomic E-state index is 12.0. The van der Waals surface area contributed by atoms with Gasteiger partial charge in [-0.15, -0.1) is 11.3 Å². The predicted molar refractivity (Wildman–Crippen MR) is 87.4 cm³/mol. The van der Waals surface area contributed by atoms with E-state index >= 15 is 0 Å². The molecule has 0 unspecified atom stereocenters. The van der Waals surface area contributed by atoms with Crippen molar-refractivity contribution in [2.75, 3.05) is 5.32 Å². The van der Waals surface area contributed by atoms with Crippen molar-refractivity contribution in [1.82, 2.24) is 0 Å². The fourth-order valence-corrected chi connectivity index (χ4v) is 3.89. The second-order valence-electron chi connectivity index (χ2n) is 5.10. The highest BCUT2D eigenvalue weighted by molar-refractivity contribution is 7.17. The first-order valence-electron chi connectivity index (χ1n) is 7.07. The zero-order valence-corrected chi connectivity index (χ0v) is 12.7. The molecule has 1 aliphatic carbocycles. The summed E-state index contributed by atoms with van der Waals surface area (Å²) in [7, 11) is 0. The Morgan fingerprint density at radius 3 is 2.68 bits per heavy atom. The third kappa shape index (κ3) is 2.94. The maximum Gasteiger partial charge on any atom is 0.339 e. The topological polar surface area (TPSA) is 66.4 Å². The molecular formula is C17H15NO3S. The number of hydrogen-bond acceptors (Lipinski definition) is 3. The highest BCUT2D eigenvalue weighted by Crippen LogP contribution is 2.39. The zero-order valence-electron chi connectivity index (χ0n) is 11.8. The average molecular weight is 313 g/mol. The van der Waals surface area contributed by atoms with Crippen molar-refractivity contribution in [3.05, 3.63) is 58.0 Å². The van der Waals surface area contributed by atoms with Crippen molar-refractivity contribution >= 4 is 34.3 Å². The lowest BCUT2D eigenvalue weighted by Gasteiger charge is -2.02. The normalized spacial score (nSPS) is 13.3. The summed E-state index contributed by atoms with van der Waals surface area (Å²) in [6.07, 6.45) is 5.80. The minimum atomic E-state index is -0.971. The number of anilines is 1. The number of aromatic carboxylic acids is 1. The molecule has 1 aromatic carbocycles. The number of aryl methyl sites for hydroxylation is 1. The first-order valence-corrected chi connectivity index (χ1v) is 7.89. The predicted octanol–water partition coefficient (Wildman–Crippen LogP) is 3.59. The van der Waals surface area contributed by atoms with Gasteiger partial charge in [0.1, 0.15) is 5.00 Å². The van der Waals surface area contributed by atoms with Crippen LogP contribution in [0.5, 0.6) is 0 Å². The Kier molecular flexibility index (Phi) is 4.06. The van der Waals surface area contributed by atoms with Crippen molar-refractivity contribution in [2.45, 2.75) is 19.3 Å². The van der Waals surface area contributed by atoms with E-state index in [2.05, 4.69) is 5.32 Å². The van der Waals surface area contributed by atoms with Gasteiger partial charge in [-0.25, -0.2) is 4.79 Å². The number of amides is 1. The minimum absolute atomic E-state index is 0.263. The number of nitrogens with one attached hydrogen (secondary N) is 1. The lowest BCUT2D eigenvalue weighted by atomic mass is 10.1. The molecule has 3 rings (SSSR count). The number of carboxylic acids is 1. The monoisotopic (exact) mass is 313 g/mol. The summed E-state index contributed by atoms with van der Waals surface area (Å²) in [5, 5.41) is 12.5. The molecule has 112 valence electrons. The molecule has 0 saturated carbocycles. The van der Waals surface area contributed by atoms with E-state index in [1.807, 2.05) is 30.3 Å². The number of benzene rings is 1. The molecule has 0 fully saturated rings. The number of thiophene rings is 1. The Hall–Kier alpha value is -2.40. The second-order valence-corrected chi connectivity index (χ2v) is 6.21. The van der Waals surface area contributed by atoms with Crippen molar-refractivity contribution in [2.24, 2.45) is 0 Å². The smallest absolute Gasteiger partial charge is 0.339 e. The van der Waals surface area contributed by atoms with Gasteiger partial charge >= 0.3 is 5.97 Å². The van der Waals surface area contributed by atoms with Gasteiger partial charge < -0.3 is 10.4 Å². The van der Waals surface area contributed by atoms with E-state index < -0.39 is 5.97 Å². The molecule has 2 N–H and O–H groups in total. The molecule has 22 heavy (non-hydrogen) atoms. The molecule has 1 heterocycles. The standard InChI is InChI=1S/C17H15NO3S/c19-14(10-9-11-5-2-1-3-6-11)18-16-15(17(20)21)12-7-4-8-13(12)22-16/h1-3,5-6,9-10H,4,7-8H2,(H,18,19)(H,20,21)/b10-9-. The van der Waals surface area contributed by atoms with Gasteiger partial charge in [0.05, 0.1) is 5.56 Å². The molecule has 5 heteroatoms. The summed E-state index contributed by atoms with van der Waals surface area (Å²) in [6, 6.07) is 9.48. The van der Waals surface area contributed by atoms with Crippen LogP contribution >= 0.6 is 11.3 Å². The Labute approximate surface area is 132 Å². The van der Waals surface area contributed by atoms with Crippen LogP contribution in [0.3, 0.4) is 0 Å². The second kappa shape index (κ2) is 6.15. The fraction of sp³-hybridized carbons (Fsp3) is 0.176. The van der Waals surface area contributed by atoms with Gasteiger partial charge in [-0.05, 0) is 36.5 Å². The third-order valence-corrected chi connectivity index (χ3v) is 4.81. The number of carbonyl (C=O) groups excluding carboxylic acids is 1. The maximum atomic E-state index is 12.0. The molecule has 0 bridgehead atoms. The van der Waals surface area contributed by atoms with Gasteiger partial charge in [0.25, 0.3) is 0 Å². The Morgan fingerprint density at radius 1 is 1.18 bits per heavy atom. The zero-order chi connectivity index (χ0) is 15.5. The number of rotatable bonds is 4. The molecule has 0 aliphatic heterocycles. The summed E-state index contributed by atoms with van der Waals surface area (Å²) >= 11 is 1.38. The number of carboxylic acid groups (broad SMARTS) is 1. The highest BCUT2D eigenvalue weighted by atomic mass is 32.1. The van der Waals surface area contributed by atoms with E-state index in [0.29, 0.717) is 5.00 Å². The summed E-state index contributed by atoms with van der Waals surface area (Å²) in [5.41, 5.74) is 2.07. The summed E-state index contributed by atoms with van der Waals surface area (Å²) < 4.78 is 0. The van der Waals surface area contributed by atoms with Gasteiger partial charge in [-0.1, -0.05) is 30.3 Å². The van der Waals surface area contributed by atoms with E-state index in [1.165, 1.54) is 17.4 Å². The van der Waals surface area contributed by atoms with E-state index in [-0.39, 0.29) is 11.5 Å². The Balaban J connectivity index is 1.77. The molecule has 2 aromatic rings. The van der Waals surface area contributed by atoms with Gasteiger partial charge in [0, 0.05) is 11.0 Å². The van der Waals surface area contributed by atoms with E-state index in [1.54, 1.807) is 6.08 Å². The van der Waals surface area contributed by atoms with Gasteiger partial charge in [-0.3, -0.25) is 4.79 Å². The number of fused-ring (bicyclic) bond motifs is 1. The van der Waals surface area contributed by atoms with Crippen LogP contribution in [-0.4, -0.2) is 17.0 Å². The number of hydrogen-bond donors (Lipinski definition) is 2. The van der Waals surface area contributed by atoms with Crippen LogP contribution in [-0.2, 0) is 17.6 Å². The fourth-order valence-electron chi connectivity index (χ4n) is 2.61. The van der Waals surface area contributed by atoms with Crippen LogP contribution in [0.25, 0.3) is 6.08 Å². The lowest BCUT2D eigenvalue weighted by Crippen LogP contribution is -2.10. The minimum Gasteiger partial charge on any atom is -0.478 e. The first kappa shape index (κ1) is 14.5. The van der Waals surface area contributed by atoms with Gasteiger partial charge in [0.15, 0.2) is 0 Å². The summed E-state index contributed by atoms with van der Waals surface area (Å²) in [6.45, 7) is 0. The van der Waals surface area contributed by atoms with E-state index in [4.69, 9.17) is 0 Å². The van der Waals surface area contributed by atoms with Gasteiger partial charge in [-0.2, -0.15) is 0 Å². The van der Waals surface area contributed by atoms with Crippen molar-refractivity contribution in [1.29, 1.82) is 0 Å². The molecule has 1 aliphatic rings. The third-order valence-electron chi connectivity index (χ3n) is 3.60. The van der Waals surface area contributed by atoms with Gasteiger partial charge in [0.2, 0.25) is 5.91 Å². The molecule has 0 radical (unpaired) electrons. The SMILES string of the molecule is O=C(/C=C\c1ccccc1)Nc1sc2c(c1C(=O)O)CCC2. The van der Waals surface area contributed by atoms with Crippen LogP contribution in [0, 0.1) is 0 Å². The van der Waals surface area contributed by atoms with E-state index in [9.17, 15) is 14.7 Å². The summed E-state index contributed by atoms with van der Waals surface area (Å²) in [5.74, 6) is -1.28. The van der Waals surface area contributed by atoms with Crippen LogP contribution in [0.2, 0.25) is 0 Å². The van der Waals surface area contributed by atoms with Crippen LogP contribution in [0.15, 0.2) is 36.4 Å². The molecule has 0 atom stereocenters. The molecule has 1 amide bonds. The van der Waals surface area contributed by atoms with Crippen LogP contribution in [0.4, 0.5) is 5.00 Å². The van der Waals surface area contributed by atoms with Crippen molar-refractivity contribution in [3.63, 3.8) is 0 Å². The Morgan fingerprint density at radius 2 is 1.95 bits per heavy atom.